The second-order valence-electron chi connectivity index (χ2n) is 7.07. The minimum absolute atomic E-state index is 0.0444. The first kappa shape index (κ1) is 18.9. The Kier molecular flexibility index (Phi) is 5.70. The standard InChI is InChI=1S/C17H26BNO5/c1-16(2,21)17(3,4)24-18(22)14-7-5-13(6-8-14)15(20)19-9-11-23-12-10-19/h5-8,21-22H,9-12H2,1-4H3. The largest absolute Gasteiger partial charge is 0.491 e. The fraction of sp³-hybridized carbons (Fsp3) is 0.588. The maximum absolute atomic E-state index is 12.4. The lowest BCUT2D eigenvalue weighted by atomic mass is 9.76. The van der Waals surface area contributed by atoms with Gasteiger partial charge in [-0.25, -0.2) is 0 Å². The Morgan fingerprint density at radius 3 is 2.21 bits per heavy atom. The van der Waals surface area contributed by atoms with Crippen LogP contribution in [-0.2, 0) is 9.39 Å². The molecule has 1 saturated heterocycles. The molecular formula is C17H26BNO5. The van der Waals surface area contributed by atoms with Crippen LogP contribution in [-0.4, -0.2) is 65.6 Å². The van der Waals surface area contributed by atoms with Crippen molar-refractivity contribution in [2.24, 2.45) is 0 Å². The summed E-state index contributed by atoms with van der Waals surface area (Å²) >= 11 is 0. The van der Waals surface area contributed by atoms with Gasteiger partial charge in [0.05, 0.1) is 24.4 Å². The molecule has 6 nitrogen and oxygen atoms in total. The summed E-state index contributed by atoms with van der Waals surface area (Å²) in [6, 6.07) is 6.69. The summed E-state index contributed by atoms with van der Waals surface area (Å²) in [5, 5.41) is 20.4. The van der Waals surface area contributed by atoms with Gasteiger partial charge in [0.15, 0.2) is 0 Å². The average molecular weight is 335 g/mol. The molecule has 2 rings (SSSR count). The van der Waals surface area contributed by atoms with Crippen LogP contribution in [0.2, 0.25) is 0 Å². The van der Waals surface area contributed by atoms with E-state index in [2.05, 4.69) is 0 Å². The van der Waals surface area contributed by atoms with E-state index < -0.39 is 18.3 Å². The summed E-state index contributed by atoms with van der Waals surface area (Å²) in [7, 11) is -1.18. The molecule has 0 radical (unpaired) electrons. The third-order valence-electron chi connectivity index (χ3n) is 4.62. The molecular weight excluding hydrogens is 309 g/mol. The monoisotopic (exact) mass is 335 g/mol. The highest BCUT2D eigenvalue weighted by molar-refractivity contribution is 6.60. The second kappa shape index (κ2) is 7.23. The molecule has 0 bridgehead atoms. The fourth-order valence-electron chi connectivity index (χ4n) is 2.23. The third-order valence-corrected chi connectivity index (χ3v) is 4.62. The molecule has 1 amide bonds. The van der Waals surface area contributed by atoms with Gasteiger partial charge in [-0.3, -0.25) is 4.79 Å². The van der Waals surface area contributed by atoms with Crippen molar-refractivity contribution in [2.45, 2.75) is 38.9 Å². The van der Waals surface area contributed by atoms with E-state index in [-0.39, 0.29) is 5.91 Å². The molecule has 7 heteroatoms. The van der Waals surface area contributed by atoms with E-state index in [4.69, 9.17) is 9.39 Å². The number of carbonyl (C=O) groups excluding carboxylic acids is 1. The zero-order chi connectivity index (χ0) is 18.0. The summed E-state index contributed by atoms with van der Waals surface area (Å²) in [4.78, 5) is 14.1. The van der Waals surface area contributed by atoms with E-state index in [1.165, 1.54) is 0 Å². The van der Waals surface area contributed by atoms with Crippen molar-refractivity contribution in [3.05, 3.63) is 29.8 Å². The molecule has 0 unspecified atom stereocenters. The van der Waals surface area contributed by atoms with Gasteiger partial charge in [-0.2, -0.15) is 0 Å². The molecule has 1 aromatic carbocycles. The molecule has 1 fully saturated rings. The molecule has 132 valence electrons. The quantitative estimate of drug-likeness (QED) is 0.762. The zero-order valence-electron chi connectivity index (χ0n) is 14.8. The molecule has 1 aliphatic rings. The van der Waals surface area contributed by atoms with Crippen molar-refractivity contribution < 1.29 is 24.3 Å². The molecule has 1 heterocycles. The topological polar surface area (TPSA) is 79.2 Å². The SMILES string of the molecule is CC(C)(O)C(C)(C)OB(O)c1ccc(C(=O)N2CCOCC2)cc1. The molecule has 0 saturated carbocycles. The van der Waals surface area contributed by atoms with Crippen molar-refractivity contribution >= 4 is 18.5 Å². The third kappa shape index (κ3) is 4.36. The van der Waals surface area contributed by atoms with Crippen LogP contribution in [0.1, 0.15) is 38.1 Å². The highest BCUT2D eigenvalue weighted by atomic mass is 16.5. The Morgan fingerprint density at radius 2 is 1.71 bits per heavy atom. The van der Waals surface area contributed by atoms with Gasteiger partial charge in [0, 0.05) is 18.7 Å². The van der Waals surface area contributed by atoms with Gasteiger partial charge < -0.3 is 24.4 Å². The average Bonchev–Trinajstić information content (AvgIpc) is 2.53. The summed E-state index contributed by atoms with van der Waals surface area (Å²) in [5.41, 5.74) is -0.949. The van der Waals surface area contributed by atoms with Gasteiger partial charge in [0.2, 0.25) is 0 Å². The molecule has 24 heavy (non-hydrogen) atoms. The van der Waals surface area contributed by atoms with Crippen LogP contribution in [0.15, 0.2) is 24.3 Å². The molecule has 0 aliphatic carbocycles. The molecule has 1 aliphatic heterocycles. The number of morpholine rings is 1. The maximum Gasteiger partial charge on any atom is 0.491 e. The van der Waals surface area contributed by atoms with Crippen LogP contribution in [0.5, 0.6) is 0 Å². The number of aliphatic hydroxyl groups is 1. The Labute approximate surface area is 143 Å². The first-order valence-electron chi connectivity index (χ1n) is 8.17. The van der Waals surface area contributed by atoms with Gasteiger partial charge in [0.25, 0.3) is 5.91 Å². The first-order chi connectivity index (χ1) is 11.1. The minimum atomic E-state index is -1.18. The van der Waals surface area contributed by atoms with Crippen LogP contribution in [0, 0.1) is 0 Å². The number of nitrogens with zero attached hydrogens (tertiary/aromatic N) is 1. The number of carbonyl (C=O) groups is 1. The van der Waals surface area contributed by atoms with Gasteiger partial charge in [-0.05, 0) is 45.3 Å². The Morgan fingerprint density at radius 1 is 1.17 bits per heavy atom. The van der Waals surface area contributed by atoms with E-state index in [1.54, 1.807) is 56.9 Å². The lowest BCUT2D eigenvalue weighted by Gasteiger charge is -2.38. The first-order valence-corrected chi connectivity index (χ1v) is 8.17. The lowest BCUT2D eigenvalue weighted by molar-refractivity contribution is -0.0982. The molecule has 0 aromatic heterocycles. The highest BCUT2D eigenvalue weighted by Crippen LogP contribution is 2.25. The van der Waals surface area contributed by atoms with Gasteiger partial charge in [0.1, 0.15) is 0 Å². The number of ether oxygens (including phenoxy) is 1. The predicted octanol–water partition coefficient (Wildman–Crippen LogP) is 0.413. The van der Waals surface area contributed by atoms with Crippen molar-refractivity contribution in [2.75, 3.05) is 26.3 Å². The van der Waals surface area contributed by atoms with E-state index in [0.29, 0.717) is 37.3 Å². The second-order valence-corrected chi connectivity index (χ2v) is 7.07. The van der Waals surface area contributed by atoms with E-state index in [9.17, 15) is 14.9 Å². The van der Waals surface area contributed by atoms with Crippen molar-refractivity contribution in [3.63, 3.8) is 0 Å². The Hall–Kier alpha value is -1.41. The van der Waals surface area contributed by atoms with Crippen molar-refractivity contribution in [3.8, 4) is 0 Å². The van der Waals surface area contributed by atoms with E-state index in [1.807, 2.05) is 0 Å². The van der Waals surface area contributed by atoms with Crippen LogP contribution in [0.4, 0.5) is 0 Å². The number of hydrogen-bond acceptors (Lipinski definition) is 5. The molecule has 0 atom stereocenters. The molecule has 0 spiro atoms. The van der Waals surface area contributed by atoms with E-state index in [0.717, 1.165) is 0 Å². The number of rotatable bonds is 5. The van der Waals surface area contributed by atoms with Gasteiger partial charge >= 0.3 is 7.12 Å². The van der Waals surface area contributed by atoms with Gasteiger partial charge in [-0.15, -0.1) is 0 Å². The highest BCUT2D eigenvalue weighted by Gasteiger charge is 2.39. The number of hydrogen-bond donors (Lipinski definition) is 2. The summed E-state index contributed by atoms with van der Waals surface area (Å²) in [6.45, 7) is 8.98. The van der Waals surface area contributed by atoms with Crippen molar-refractivity contribution in [1.82, 2.24) is 4.90 Å². The lowest BCUT2D eigenvalue weighted by Crippen LogP contribution is -2.53. The number of amides is 1. The fourth-order valence-corrected chi connectivity index (χ4v) is 2.23. The zero-order valence-corrected chi connectivity index (χ0v) is 14.8. The van der Waals surface area contributed by atoms with Crippen LogP contribution in [0.3, 0.4) is 0 Å². The molecule has 2 N–H and O–H groups in total. The van der Waals surface area contributed by atoms with Crippen molar-refractivity contribution in [1.29, 1.82) is 0 Å². The Balaban J connectivity index is 2.04. The summed E-state index contributed by atoms with van der Waals surface area (Å²) in [6.07, 6.45) is 0. The van der Waals surface area contributed by atoms with E-state index >= 15 is 0 Å². The van der Waals surface area contributed by atoms with Crippen LogP contribution < -0.4 is 5.46 Å². The normalized spacial score (nSPS) is 16.2. The van der Waals surface area contributed by atoms with Gasteiger partial charge in [-0.1, -0.05) is 12.1 Å². The maximum atomic E-state index is 12.4. The predicted molar refractivity (Wildman–Crippen MR) is 92.2 cm³/mol. The minimum Gasteiger partial charge on any atom is -0.423 e. The van der Waals surface area contributed by atoms with Crippen LogP contribution >= 0.6 is 0 Å². The smallest absolute Gasteiger partial charge is 0.423 e. The summed E-state index contributed by atoms with van der Waals surface area (Å²) in [5.74, 6) is -0.0444. The summed E-state index contributed by atoms with van der Waals surface area (Å²) < 4.78 is 10.8. The van der Waals surface area contributed by atoms with Crippen LogP contribution in [0.25, 0.3) is 0 Å². The number of benzene rings is 1. The molecule has 1 aromatic rings. The Bertz CT molecular complexity index is 561.